The molecule has 3 rings (SSSR count). The Labute approximate surface area is 154 Å². The molecule has 138 valence electrons. The zero-order chi connectivity index (χ0) is 19.4. The lowest BCUT2D eigenvalue weighted by molar-refractivity contribution is -0.115. The van der Waals surface area contributed by atoms with Gasteiger partial charge < -0.3 is 15.5 Å². The first-order chi connectivity index (χ1) is 13.0. The molecule has 27 heavy (non-hydrogen) atoms. The number of benzene rings is 2. The molecule has 0 aliphatic rings. The smallest absolute Gasteiger partial charge is 0.335 e. The zero-order valence-corrected chi connectivity index (χ0v) is 14.5. The minimum absolute atomic E-state index is 0.0611. The molecule has 0 spiro atoms. The van der Waals surface area contributed by atoms with Crippen molar-refractivity contribution in [1.82, 2.24) is 20.2 Å². The maximum Gasteiger partial charge on any atom is 0.335 e. The van der Waals surface area contributed by atoms with E-state index in [1.54, 1.807) is 24.3 Å². The SMILES string of the molecule is CCn1nnc(-c2ccc(O)c(NC(=O)Cc3ccccc3C(=O)O)c2)n1. The summed E-state index contributed by atoms with van der Waals surface area (Å²) in [5.74, 6) is -1.32. The number of hydrogen-bond acceptors (Lipinski definition) is 6. The van der Waals surface area contributed by atoms with E-state index in [-0.39, 0.29) is 23.4 Å². The first kappa shape index (κ1) is 18.1. The first-order valence-corrected chi connectivity index (χ1v) is 8.20. The van der Waals surface area contributed by atoms with Crippen molar-refractivity contribution in [2.45, 2.75) is 19.9 Å². The molecule has 0 aliphatic carbocycles. The molecule has 9 nitrogen and oxygen atoms in total. The van der Waals surface area contributed by atoms with Crippen molar-refractivity contribution in [3.63, 3.8) is 0 Å². The number of aryl methyl sites for hydroxylation is 1. The normalized spacial score (nSPS) is 10.6. The molecule has 0 radical (unpaired) electrons. The van der Waals surface area contributed by atoms with E-state index < -0.39 is 11.9 Å². The zero-order valence-electron chi connectivity index (χ0n) is 14.5. The summed E-state index contributed by atoms with van der Waals surface area (Å²) in [7, 11) is 0. The lowest BCUT2D eigenvalue weighted by Crippen LogP contribution is -2.16. The summed E-state index contributed by atoms with van der Waals surface area (Å²) in [6.07, 6.45) is -0.142. The van der Waals surface area contributed by atoms with Crippen LogP contribution in [-0.2, 0) is 17.8 Å². The lowest BCUT2D eigenvalue weighted by Gasteiger charge is -2.10. The number of tetrazole rings is 1. The highest BCUT2D eigenvalue weighted by atomic mass is 16.4. The Balaban J connectivity index is 1.80. The molecule has 1 amide bonds. The van der Waals surface area contributed by atoms with Crippen LogP contribution in [0.4, 0.5) is 5.69 Å². The van der Waals surface area contributed by atoms with Gasteiger partial charge in [0.2, 0.25) is 11.7 Å². The number of aromatic nitrogens is 4. The predicted molar refractivity (Wildman–Crippen MR) is 96.3 cm³/mol. The monoisotopic (exact) mass is 367 g/mol. The van der Waals surface area contributed by atoms with Crippen LogP contribution in [0.15, 0.2) is 42.5 Å². The molecule has 0 fully saturated rings. The minimum Gasteiger partial charge on any atom is -0.506 e. The molecular weight excluding hydrogens is 350 g/mol. The molecule has 3 aromatic rings. The number of nitrogens with zero attached hydrogens (tertiary/aromatic N) is 4. The van der Waals surface area contributed by atoms with E-state index in [0.29, 0.717) is 23.5 Å². The van der Waals surface area contributed by atoms with Crippen LogP contribution < -0.4 is 5.32 Å². The van der Waals surface area contributed by atoms with Crippen molar-refractivity contribution >= 4 is 17.6 Å². The average Bonchev–Trinajstić information content (AvgIpc) is 3.13. The fraction of sp³-hybridized carbons (Fsp3) is 0.167. The number of phenols is 1. The Morgan fingerprint density at radius 3 is 2.67 bits per heavy atom. The van der Waals surface area contributed by atoms with Crippen LogP contribution in [0.3, 0.4) is 0 Å². The highest BCUT2D eigenvalue weighted by molar-refractivity contribution is 5.97. The third-order valence-electron chi connectivity index (χ3n) is 3.86. The molecule has 0 saturated carbocycles. The summed E-state index contributed by atoms with van der Waals surface area (Å²) in [6, 6.07) is 10.8. The minimum atomic E-state index is -1.10. The van der Waals surface area contributed by atoms with E-state index in [1.165, 1.54) is 23.0 Å². The summed E-state index contributed by atoms with van der Waals surface area (Å²) in [5.41, 5.74) is 1.20. The Bertz CT molecular complexity index is 999. The van der Waals surface area contributed by atoms with Gasteiger partial charge in [-0.2, -0.15) is 4.80 Å². The van der Waals surface area contributed by atoms with Gasteiger partial charge in [-0.1, -0.05) is 18.2 Å². The summed E-state index contributed by atoms with van der Waals surface area (Å²) in [5, 5.41) is 33.8. The number of carbonyl (C=O) groups is 2. The number of aromatic hydroxyl groups is 1. The van der Waals surface area contributed by atoms with Crippen molar-refractivity contribution in [1.29, 1.82) is 0 Å². The van der Waals surface area contributed by atoms with Crippen LogP contribution >= 0.6 is 0 Å². The predicted octanol–water partition coefficient (Wildman–Crippen LogP) is 1.94. The summed E-state index contributed by atoms with van der Waals surface area (Å²) >= 11 is 0. The third kappa shape index (κ3) is 4.09. The van der Waals surface area contributed by atoms with Crippen molar-refractivity contribution in [2.75, 3.05) is 5.32 Å². The van der Waals surface area contributed by atoms with E-state index in [2.05, 4.69) is 20.7 Å². The number of phenolic OH excluding ortho intramolecular Hbond substituents is 1. The van der Waals surface area contributed by atoms with Crippen molar-refractivity contribution in [3.05, 3.63) is 53.6 Å². The molecule has 9 heteroatoms. The molecule has 3 N–H and O–H groups in total. The average molecular weight is 367 g/mol. The Morgan fingerprint density at radius 1 is 1.19 bits per heavy atom. The molecule has 0 aliphatic heterocycles. The molecule has 0 atom stereocenters. The van der Waals surface area contributed by atoms with Gasteiger partial charge in [0.25, 0.3) is 0 Å². The highest BCUT2D eigenvalue weighted by Crippen LogP contribution is 2.28. The standard InChI is InChI=1S/C18H17N5O4/c1-2-23-21-17(20-22-23)12-7-8-15(24)14(9-12)19-16(25)10-11-5-3-4-6-13(11)18(26)27/h3-9,24H,2,10H2,1H3,(H,19,25)(H,26,27). The number of carboxylic acid groups (broad SMARTS) is 1. The second-order valence-corrected chi connectivity index (χ2v) is 5.72. The van der Waals surface area contributed by atoms with E-state index in [1.807, 2.05) is 6.92 Å². The van der Waals surface area contributed by atoms with Crippen molar-refractivity contribution < 1.29 is 19.8 Å². The van der Waals surface area contributed by atoms with E-state index in [0.717, 1.165) is 0 Å². The molecule has 0 unspecified atom stereocenters. The number of amides is 1. The van der Waals surface area contributed by atoms with Gasteiger partial charge in [-0.25, -0.2) is 4.79 Å². The molecule has 2 aromatic carbocycles. The van der Waals surface area contributed by atoms with Gasteiger partial charge in [-0.3, -0.25) is 4.79 Å². The molecule has 1 aromatic heterocycles. The number of aromatic carboxylic acids is 1. The van der Waals surface area contributed by atoms with Gasteiger partial charge in [0, 0.05) is 5.56 Å². The maximum absolute atomic E-state index is 12.3. The number of carboxylic acids is 1. The Hall–Kier alpha value is -3.75. The van der Waals surface area contributed by atoms with E-state index >= 15 is 0 Å². The number of hydrogen-bond donors (Lipinski definition) is 3. The summed E-state index contributed by atoms with van der Waals surface area (Å²) < 4.78 is 0. The fourth-order valence-electron chi connectivity index (χ4n) is 2.52. The third-order valence-corrected chi connectivity index (χ3v) is 3.86. The topological polar surface area (TPSA) is 130 Å². The fourth-order valence-corrected chi connectivity index (χ4v) is 2.52. The molecule has 0 saturated heterocycles. The quantitative estimate of drug-likeness (QED) is 0.568. The number of anilines is 1. The van der Waals surface area contributed by atoms with Crippen molar-refractivity contribution in [2.24, 2.45) is 0 Å². The Kier molecular flexibility index (Phi) is 5.11. The summed E-state index contributed by atoms with van der Waals surface area (Å²) in [6.45, 7) is 2.45. The number of rotatable bonds is 6. The van der Waals surface area contributed by atoms with Gasteiger partial charge in [0.15, 0.2) is 0 Å². The van der Waals surface area contributed by atoms with Crippen molar-refractivity contribution in [3.8, 4) is 17.1 Å². The lowest BCUT2D eigenvalue weighted by atomic mass is 10.0. The van der Waals surface area contributed by atoms with E-state index in [9.17, 15) is 19.8 Å². The molecule has 0 bridgehead atoms. The number of carbonyl (C=O) groups excluding carboxylic acids is 1. The van der Waals surface area contributed by atoms with E-state index in [4.69, 9.17) is 0 Å². The van der Waals surface area contributed by atoms with Crippen LogP contribution in [0.1, 0.15) is 22.8 Å². The van der Waals surface area contributed by atoms with Gasteiger partial charge in [0.1, 0.15) is 5.75 Å². The number of nitrogens with one attached hydrogen (secondary N) is 1. The largest absolute Gasteiger partial charge is 0.506 e. The highest BCUT2D eigenvalue weighted by Gasteiger charge is 2.15. The first-order valence-electron chi connectivity index (χ1n) is 8.20. The van der Waals surface area contributed by atoms with Crippen LogP contribution in [0.5, 0.6) is 5.75 Å². The summed E-state index contributed by atoms with van der Waals surface area (Å²) in [4.78, 5) is 25.0. The van der Waals surface area contributed by atoms with Crippen LogP contribution in [0.2, 0.25) is 0 Å². The second kappa shape index (κ2) is 7.65. The van der Waals surface area contributed by atoms with Gasteiger partial charge >= 0.3 is 5.97 Å². The van der Waals surface area contributed by atoms with Crippen LogP contribution in [0.25, 0.3) is 11.4 Å². The molecular formula is C18H17N5O4. The molecule has 1 heterocycles. The second-order valence-electron chi connectivity index (χ2n) is 5.72. The van der Waals surface area contributed by atoms with Gasteiger partial charge in [0.05, 0.1) is 24.2 Å². The van der Waals surface area contributed by atoms with Crippen LogP contribution in [-0.4, -0.2) is 42.3 Å². The van der Waals surface area contributed by atoms with Gasteiger partial charge in [-0.05, 0) is 42.0 Å². The van der Waals surface area contributed by atoms with Gasteiger partial charge in [-0.15, -0.1) is 10.2 Å². The maximum atomic E-state index is 12.3. The van der Waals surface area contributed by atoms with Crippen LogP contribution in [0, 0.1) is 0 Å². The Morgan fingerprint density at radius 2 is 1.96 bits per heavy atom.